The molecule has 4 rings (SSSR count). The maximum atomic E-state index is 13.2. The summed E-state index contributed by atoms with van der Waals surface area (Å²) in [6.07, 6.45) is 4.66. The van der Waals surface area contributed by atoms with Crippen LogP contribution in [0.1, 0.15) is 40.5 Å². The first kappa shape index (κ1) is 22.3. The van der Waals surface area contributed by atoms with Gasteiger partial charge in [0.2, 0.25) is 0 Å². The molecule has 1 unspecified atom stereocenters. The van der Waals surface area contributed by atoms with Crippen molar-refractivity contribution < 1.29 is 19.1 Å². The predicted molar refractivity (Wildman–Crippen MR) is 119 cm³/mol. The Kier molecular flexibility index (Phi) is 7.06. The van der Waals surface area contributed by atoms with Gasteiger partial charge in [0.1, 0.15) is 5.75 Å². The van der Waals surface area contributed by atoms with E-state index in [1.54, 1.807) is 29.2 Å². The number of hydrogen-bond donors (Lipinski definition) is 2. The average molecular weight is 442 g/mol. The van der Waals surface area contributed by atoms with Crippen molar-refractivity contribution in [2.24, 2.45) is 0 Å². The van der Waals surface area contributed by atoms with Gasteiger partial charge in [0.15, 0.2) is 0 Å². The Balaban J connectivity index is 1.57. The largest absolute Gasteiger partial charge is 0.493 e. The van der Waals surface area contributed by atoms with Gasteiger partial charge in [-0.05, 0) is 31.9 Å². The maximum absolute atomic E-state index is 13.2. The third-order valence-electron chi connectivity index (χ3n) is 6.00. The summed E-state index contributed by atoms with van der Waals surface area (Å²) in [5.41, 5.74) is 0.502. The Morgan fingerprint density at radius 2 is 2.09 bits per heavy atom. The highest BCUT2D eigenvalue weighted by Gasteiger charge is 2.35. The Morgan fingerprint density at radius 3 is 2.88 bits per heavy atom. The highest BCUT2D eigenvalue weighted by atomic mass is 16.5. The lowest BCUT2D eigenvalue weighted by atomic mass is 9.96. The molecule has 0 aliphatic carbocycles. The minimum Gasteiger partial charge on any atom is -0.493 e. The molecule has 3 heterocycles. The lowest BCUT2D eigenvalue weighted by Gasteiger charge is -2.39. The van der Waals surface area contributed by atoms with Gasteiger partial charge in [0, 0.05) is 45.5 Å². The van der Waals surface area contributed by atoms with Crippen LogP contribution in [-0.2, 0) is 11.3 Å². The number of nitrogens with zero attached hydrogens (tertiary/aromatic N) is 3. The first-order chi connectivity index (χ1) is 15.6. The number of aryl methyl sites for hydroxylation is 1. The van der Waals surface area contributed by atoms with E-state index in [1.807, 2.05) is 24.0 Å². The summed E-state index contributed by atoms with van der Waals surface area (Å²) >= 11 is 0. The fourth-order valence-electron chi connectivity index (χ4n) is 4.11. The molecule has 0 saturated carbocycles. The number of hydrogen-bond acceptors (Lipinski definition) is 6. The highest BCUT2D eigenvalue weighted by Crippen LogP contribution is 2.22. The second-order valence-electron chi connectivity index (χ2n) is 8.22. The highest BCUT2D eigenvalue weighted by molar-refractivity contribution is 5.97. The van der Waals surface area contributed by atoms with Crippen LogP contribution in [-0.4, -0.2) is 78.0 Å². The summed E-state index contributed by atoms with van der Waals surface area (Å²) in [7, 11) is 0. The van der Waals surface area contributed by atoms with Gasteiger partial charge in [-0.2, -0.15) is 5.10 Å². The zero-order valence-electron chi connectivity index (χ0n) is 18.5. The van der Waals surface area contributed by atoms with Gasteiger partial charge in [-0.25, -0.2) is 0 Å². The molecular formula is C23H31N5O4. The summed E-state index contributed by atoms with van der Waals surface area (Å²) in [5.74, 6) is 0.305. The number of carbonyl (C=O) groups excluding carboxylic acids is 2. The van der Waals surface area contributed by atoms with Crippen molar-refractivity contribution in [3.8, 4) is 5.75 Å². The Morgan fingerprint density at radius 1 is 1.22 bits per heavy atom. The summed E-state index contributed by atoms with van der Waals surface area (Å²) < 4.78 is 13.8. The number of benzene rings is 1. The van der Waals surface area contributed by atoms with Crippen LogP contribution in [0.2, 0.25) is 0 Å². The van der Waals surface area contributed by atoms with Crippen LogP contribution in [0, 0.1) is 0 Å². The number of morpholine rings is 1. The van der Waals surface area contributed by atoms with Crippen molar-refractivity contribution in [3.05, 3.63) is 47.8 Å². The molecule has 9 nitrogen and oxygen atoms in total. The molecule has 1 aromatic heterocycles. The Labute approximate surface area is 188 Å². The summed E-state index contributed by atoms with van der Waals surface area (Å²) in [6.45, 7) is 6.46. The Bertz CT molecular complexity index is 938. The molecule has 2 N–H and O–H groups in total. The van der Waals surface area contributed by atoms with Crippen LogP contribution in [0.3, 0.4) is 0 Å². The van der Waals surface area contributed by atoms with Crippen molar-refractivity contribution in [1.29, 1.82) is 0 Å². The lowest BCUT2D eigenvalue weighted by molar-refractivity contribution is -0.0712. The SMILES string of the molecule is CCn1cc(C(=O)N2CCCOc3ccccc3C(=O)NCC3(CC2)CNCCO3)cn1. The second-order valence-corrected chi connectivity index (χ2v) is 8.22. The van der Waals surface area contributed by atoms with Gasteiger partial charge < -0.3 is 25.0 Å². The predicted octanol–water partition coefficient (Wildman–Crippen LogP) is 1.31. The molecule has 2 aromatic rings. The maximum Gasteiger partial charge on any atom is 0.257 e. The molecular weight excluding hydrogens is 410 g/mol. The van der Waals surface area contributed by atoms with E-state index in [2.05, 4.69) is 15.7 Å². The molecule has 172 valence electrons. The zero-order valence-corrected chi connectivity index (χ0v) is 18.5. The van der Waals surface area contributed by atoms with Gasteiger partial charge in [-0.1, -0.05) is 12.1 Å². The third kappa shape index (κ3) is 5.11. The number of aromatic nitrogens is 2. The normalized spacial score (nSPS) is 22.7. The van der Waals surface area contributed by atoms with Crippen LogP contribution in [0.4, 0.5) is 0 Å². The minimum atomic E-state index is -0.579. The van der Waals surface area contributed by atoms with Crippen LogP contribution >= 0.6 is 0 Å². The standard InChI is InChI=1S/C23H31N5O4/c1-2-28-15-18(14-26-28)22(30)27-10-5-12-31-20-7-4-3-6-19(20)21(29)25-17-23(8-11-27)16-24-9-13-32-23/h3-4,6-7,14-15,24H,2,5,8-13,16-17H2,1H3,(H,25,29). The molecule has 9 heteroatoms. The molecule has 0 radical (unpaired) electrons. The molecule has 32 heavy (non-hydrogen) atoms. The molecule has 2 aliphatic heterocycles. The van der Waals surface area contributed by atoms with Gasteiger partial charge in [0.05, 0.1) is 36.1 Å². The Hall–Kier alpha value is -2.91. The van der Waals surface area contributed by atoms with Crippen molar-refractivity contribution >= 4 is 11.8 Å². The number of ether oxygens (including phenoxy) is 2. The van der Waals surface area contributed by atoms with E-state index in [0.717, 1.165) is 6.54 Å². The molecule has 1 fully saturated rings. The number of para-hydroxylation sites is 1. The van der Waals surface area contributed by atoms with E-state index in [1.165, 1.54) is 0 Å². The first-order valence-electron chi connectivity index (χ1n) is 11.3. The van der Waals surface area contributed by atoms with E-state index in [-0.39, 0.29) is 11.8 Å². The molecule has 1 aromatic carbocycles. The van der Waals surface area contributed by atoms with Crippen LogP contribution in [0.15, 0.2) is 36.7 Å². The van der Waals surface area contributed by atoms with Gasteiger partial charge in [0.25, 0.3) is 11.8 Å². The molecule has 0 bridgehead atoms. The fourth-order valence-corrected chi connectivity index (χ4v) is 4.11. The smallest absolute Gasteiger partial charge is 0.257 e. The second kappa shape index (κ2) is 10.1. The van der Waals surface area contributed by atoms with Crippen molar-refractivity contribution in [2.75, 3.05) is 45.9 Å². The van der Waals surface area contributed by atoms with Crippen LogP contribution in [0.5, 0.6) is 5.75 Å². The van der Waals surface area contributed by atoms with Gasteiger partial charge in [-0.3, -0.25) is 14.3 Å². The summed E-state index contributed by atoms with van der Waals surface area (Å²) in [6, 6.07) is 7.23. The van der Waals surface area contributed by atoms with Gasteiger partial charge in [-0.15, -0.1) is 0 Å². The van der Waals surface area contributed by atoms with Crippen LogP contribution < -0.4 is 15.4 Å². The summed E-state index contributed by atoms with van der Waals surface area (Å²) in [5, 5.41) is 10.6. The minimum absolute atomic E-state index is 0.0528. The van der Waals surface area contributed by atoms with Crippen LogP contribution in [0.25, 0.3) is 0 Å². The number of carbonyl (C=O) groups is 2. The van der Waals surface area contributed by atoms with E-state index in [9.17, 15) is 9.59 Å². The molecule has 1 atom stereocenters. The lowest BCUT2D eigenvalue weighted by Crippen LogP contribution is -2.57. The molecule has 1 saturated heterocycles. The monoisotopic (exact) mass is 441 g/mol. The van der Waals surface area contributed by atoms with Gasteiger partial charge >= 0.3 is 0 Å². The fraction of sp³-hybridized carbons (Fsp3) is 0.522. The molecule has 2 aliphatic rings. The zero-order chi connectivity index (χ0) is 22.4. The topological polar surface area (TPSA) is 97.7 Å². The quantitative estimate of drug-likeness (QED) is 0.729. The summed E-state index contributed by atoms with van der Waals surface area (Å²) in [4.78, 5) is 28.0. The van der Waals surface area contributed by atoms with Crippen molar-refractivity contribution in [2.45, 2.75) is 31.9 Å². The van der Waals surface area contributed by atoms with E-state index in [4.69, 9.17) is 9.47 Å². The molecule has 1 spiro atoms. The third-order valence-corrected chi connectivity index (χ3v) is 6.00. The number of rotatable bonds is 2. The van der Waals surface area contributed by atoms with E-state index in [0.29, 0.717) is 75.7 Å². The number of fused-ring (bicyclic) bond motifs is 1. The van der Waals surface area contributed by atoms with Crippen molar-refractivity contribution in [3.63, 3.8) is 0 Å². The first-order valence-corrected chi connectivity index (χ1v) is 11.3. The molecule has 2 amide bonds. The van der Waals surface area contributed by atoms with E-state index >= 15 is 0 Å². The van der Waals surface area contributed by atoms with E-state index < -0.39 is 5.60 Å². The van der Waals surface area contributed by atoms with Crippen molar-refractivity contribution in [1.82, 2.24) is 25.3 Å². The average Bonchev–Trinajstić information content (AvgIpc) is 3.32. The number of nitrogens with one attached hydrogen (secondary N) is 2. The number of amides is 2.